The molecule has 96 valence electrons. The van der Waals surface area contributed by atoms with E-state index >= 15 is 0 Å². The van der Waals surface area contributed by atoms with Crippen LogP contribution in [0.1, 0.15) is 25.6 Å². The highest BCUT2D eigenvalue weighted by Crippen LogP contribution is 2.24. The van der Waals surface area contributed by atoms with Gasteiger partial charge >= 0.3 is 0 Å². The molecule has 3 heterocycles. The lowest BCUT2D eigenvalue weighted by molar-refractivity contribution is 0.767. The summed E-state index contributed by atoms with van der Waals surface area (Å²) < 4.78 is 1.11. The molecule has 0 unspecified atom stereocenters. The zero-order valence-electron chi connectivity index (χ0n) is 10.7. The Hall–Kier alpha value is -2.08. The first-order valence-electron chi connectivity index (χ1n) is 5.98. The number of aromatic nitrogens is 4. The summed E-state index contributed by atoms with van der Waals surface area (Å²) in [5.74, 6) is 1.75. The van der Waals surface area contributed by atoms with E-state index < -0.39 is 0 Å². The van der Waals surface area contributed by atoms with Gasteiger partial charge in [0.05, 0.1) is 10.2 Å². The van der Waals surface area contributed by atoms with Crippen LogP contribution in [0.15, 0.2) is 23.7 Å². The summed E-state index contributed by atoms with van der Waals surface area (Å²) in [4.78, 5) is 17.2. The zero-order valence-corrected chi connectivity index (χ0v) is 11.5. The van der Waals surface area contributed by atoms with Gasteiger partial charge in [-0.2, -0.15) is 9.97 Å². The number of pyridine rings is 1. The van der Waals surface area contributed by atoms with E-state index in [9.17, 15) is 0 Å². The molecule has 2 N–H and O–H groups in total. The predicted octanol–water partition coefficient (Wildman–Crippen LogP) is 2.85. The number of nitrogens with zero attached hydrogens (tertiary/aromatic N) is 4. The molecule has 0 bridgehead atoms. The molecule has 0 saturated carbocycles. The summed E-state index contributed by atoms with van der Waals surface area (Å²) in [7, 11) is 0. The highest BCUT2D eigenvalue weighted by molar-refractivity contribution is 7.17. The van der Waals surface area contributed by atoms with Crippen LogP contribution in [-0.4, -0.2) is 19.9 Å². The molecule has 0 aliphatic carbocycles. The van der Waals surface area contributed by atoms with Gasteiger partial charge in [0.1, 0.15) is 5.82 Å². The highest BCUT2D eigenvalue weighted by atomic mass is 32.1. The minimum atomic E-state index is 0.211. The van der Waals surface area contributed by atoms with Crippen LogP contribution < -0.4 is 5.73 Å². The predicted molar refractivity (Wildman–Crippen MR) is 76.9 cm³/mol. The fourth-order valence-corrected chi connectivity index (χ4v) is 2.55. The van der Waals surface area contributed by atoms with E-state index in [0.29, 0.717) is 11.6 Å². The van der Waals surface area contributed by atoms with Crippen molar-refractivity contribution >= 4 is 27.5 Å². The molecule has 3 aromatic rings. The van der Waals surface area contributed by atoms with Gasteiger partial charge in [0.2, 0.25) is 5.95 Å². The van der Waals surface area contributed by atoms with Crippen LogP contribution in [0.2, 0.25) is 0 Å². The van der Waals surface area contributed by atoms with Crippen molar-refractivity contribution in [2.75, 3.05) is 5.73 Å². The molecular weight excluding hydrogens is 258 g/mol. The van der Waals surface area contributed by atoms with Crippen LogP contribution in [0.4, 0.5) is 5.95 Å². The Labute approximate surface area is 114 Å². The normalized spacial score (nSPS) is 11.3. The van der Waals surface area contributed by atoms with Crippen LogP contribution in [0.25, 0.3) is 21.6 Å². The van der Waals surface area contributed by atoms with Gasteiger partial charge in [-0.05, 0) is 17.5 Å². The summed E-state index contributed by atoms with van der Waals surface area (Å²) in [6.07, 6.45) is 1.77. The Kier molecular flexibility index (Phi) is 2.87. The highest BCUT2D eigenvalue weighted by Gasteiger charge is 2.10. The maximum absolute atomic E-state index is 5.75. The molecule has 0 atom stereocenters. The third-order valence-electron chi connectivity index (χ3n) is 2.75. The maximum Gasteiger partial charge on any atom is 0.223 e. The SMILES string of the molecule is CC(C)c1nc(N)nc(-c2cnc3ccsc3c2)n1. The van der Waals surface area contributed by atoms with E-state index in [1.54, 1.807) is 17.5 Å². The van der Waals surface area contributed by atoms with Gasteiger partial charge in [-0.1, -0.05) is 13.8 Å². The van der Waals surface area contributed by atoms with Crippen molar-refractivity contribution in [3.8, 4) is 11.4 Å². The first-order chi connectivity index (χ1) is 9.13. The molecule has 0 amide bonds. The van der Waals surface area contributed by atoms with Crippen LogP contribution >= 0.6 is 11.3 Å². The van der Waals surface area contributed by atoms with E-state index in [0.717, 1.165) is 15.8 Å². The van der Waals surface area contributed by atoms with Crippen LogP contribution in [0.5, 0.6) is 0 Å². The quantitative estimate of drug-likeness (QED) is 0.775. The molecule has 3 aromatic heterocycles. The first-order valence-corrected chi connectivity index (χ1v) is 6.86. The van der Waals surface area contributed by atoms with Crippen LogP contribution in [0.3, 0.4) is 0 Å². The number of hydrogen-bond donors (Lipinski definition) is 1. The molecule has 0 aliphatic heterocycles. The minimum absolute atomic E-state index is 0.211. The number of anilines is 1. The van der Waals surface area contributed by atoms with E-state index in [-0.39, 0.29) is 11.9 Å². The lowest BCUT2D eigenvalue weighted by Gasteiger charge is -2.07. The van der Waals surface area contributed by atoms with Gasteiger partial charge in [-0.3, -0.25) is 4.98 Å². The number of nitrogens with two attached hydrogens (primary N) is 1. The Balaban J connectivity index is 2.14. The number of fused-ring (bicyclic) bond motifs is 1. The van der Waals surface area contributed by atoms with E-state index in [2.05, 4.69) is 19.9 Å². The number of hydrogen-bond acceptors (Lipinski definition) is 6. The van der Waals surface area contributed by atoms with Gasteiger partial charge < -0.3 is 5.73 Å². The van der Waals surface area contributed by atoms with Gasteiger partial charge in [0, 0.05) is 17.7 Å². The average Bonchev–Trinajstić information content (AvgIpc) is 2.85. The molecule has 0 saturated heterocycles. The minimum Gasteiger partial charge on any atom is -0.368 e. The number of thiophene rings is 1. The Morgan fingerprint density at radius 1 is 1.21 bits per heavy atom. The molecule has 0 aromatic carbocycles. The standard InChI is InChI=1S/C13H13N5S/c1-7(2)11-16-12(18-13(14)17-11)8-5-10-9(15-6-8)3-4-19-10/h3-7H,1-2H3,(H2,14,16,17,18). The Bertz CT molecular complexity index is 735. The fraction of sp³-hybridized carbons (Fsp3) is 0.231. The van der Waals surface area contributed by atoms with E-state index in [1.807, 2.05) is 31.4 Å². The summed E-state index contributed by atoms with van der Waals surface area (Å²) in [5, 5.41) is 2.02. The van der Waals surface area contributed by atoms with Crippen molar-refractivity contribution in [1.29, 1.82) is 0 Å². The third kappa shape index (κ3) is 2.26. The summed E-state index contributed by atoms with van der Waals surface area (Å²) >= 11 is 1.65. The Morgan fingerprint density at radius 2 is 2.05 bits per heavy atom. The maximum atomic E-state index is 5.75. The summed E-state index contributed by atoms with van der Waals surface area (Å²) in [5.41, 5.74) is 7.60. The van der Waals surface area contributed by atoms with E-state index in [1.165, 1.54) is 0 Å². The molecule has 0 radical (unpaired) electrons. The lowest BCUT2D eigenvalue weighted by Crippen LogP contribution is -2.06. The zero-order chi connectivity index (χ0) is 13.4. The number of nitrogen functional groups attached to an aromatic ring is 1. The molecule has 3 rings (SSSR count). The van der Waals surface area contributed by atoms with E-state index in [4.69, 9.17) is 5.73 Å². The summed E-state index contributed by atoms with van der Waals surface area (Å²) in [6, 6.07) is 4.02. The monoisotopic (exact) mass is 271 g/mol. The topological polar surface area (TPSA) is 77.6 Å². The second kappa shape index (κ2) is 4.55. The second-order valence-corrected chi connectivity index (χ2v) is 5.51. The lowest BCUT2D eigenvalue weighted by atomic mass is 10.2. The Morgan fingerprint density at radius 3 is 2.84 bits per heavy atom. The van der Waals surface area contributed by atoms with Crippen LogP contribution in [-0.2, 0) is 0 Å². The largest absolute Gasteiger partial charge is 0.368 e. The molecule has 0 aliphatic rings. The summed E-state index contributed by atoms with van der Waals surface area (Å²) in [6.45, 7) is 4.05. The molecule has 19 heavy (non-hydrogen) atoms. The van der Waals surface area contributed by atoms with Crippen molar-refractivity contribution < 1.29 is 0 Å². The molecule has 6 heteroatoms. The number of rotatable bonds is 2. The third-order valence-corrected chi connectivity index (χ3v) is 3.60. The van der Waals surface area contributed by atoms with Crippen molar-refractivity contribution in [3.63, 3.8) is 0 Å². The average molecular weight is 271 g/mol. The van der Waals surface area contributed by atoms with Gasteiger partial charge in [0.25, 0.3) is 0 Å². The van der Waals surface area contributed by atoms with Gasteiger partial charge in [0.15, 0.2) is 5.82 Å². The second-order valence-electron chi connectivity index (χ2n) is 4.56. The van der Waals surface area contributed by atoms with Crippen LogP contribution in [0, 0.1) is 0 Å². The first kappa shape index (κ1) is 12.0. The van der Waals surface area contributed by atoms with Crippen molar-refractivity contribution in [1.82, 2.24) is 19.9 Å². The smallest absolute Gasteiger partial charge is 0.223 e. The molecule has 0 spiro atoms. The fourth-order valence-electron chi connectivity index (χ4n) is 1.77. The molecular formula is C13H13N5S. The van der Waals surface area contributed by atoms with Gasteiger partial charge in [-0.25, -0.2) is 4.98 Å². The molecule has 0 fully saturated rings. The molecule has 5 nitrogen and oxygen atoms in total. The van der Waals surface area contributed by atoms with Crippen molar-refractivity contribution in [3.05, 3.63) is 29.5 Å². The van der Waals surface area contributed by atoms with Crippen molar-refractivity contribution in [2.24, 2.45) is 0 Å². The van der Waals surface area contributed by atoms with Crippen molar-refractivity contribution in [2.45, 2.75) is 19.8 Å². The van der Waals surface area contributed by atoms with Gasteiger partial charge in [-0.15, -0.1) is 11.3 Å².